The first-order valence-corrected chi connectivity index (χ1v) is 15.0. The van der Waals surface area contributed by atoms with Crippen LogP contribution in [-0.4, -0.2) is 87.0 Å². The van der Waals surface area contributed by atoms with Crippen molar-refractivity contribution in [1.29, 1.82) is 0 Å². The summed E-state index contributed by atoms with van der Waals surface area (Å²) in [6.07, 6.45) is 3.39. The van der Waals surface area contributed by atoms with Crippen molar-refractivity contribution in [2.75, 3.05) is 52.5 Å². The van der Waals surface area contributed by atoms with Gasteiger partial charge in [0, 0.05) is 50.2 Å². The summed E-state index contributed by atoms with van der Waals surface area (Å²) in [6, 6.07) is 8.51. The Morgan fingerprint density at radius 2 is 1.86 bits per heavy atom. The number of halogens is 2. The summed E-state index contributed by atoms with van der Waals surface area (Å²) in [5.41, 5.74) is 0. The van der Waals surface area contributed by atoms with E-state index in [2.05, 4.69) is 22.4 Å². The van der Waals surface area contributed by atoms with Crippen LogP contribution in [0.2, 0.25) is 10.0 Å². The Hall–Kier alpha value is -1.20. The number of hydrogen-bond donors (Lipinski definition) is 0. The van der Waals surface area contributed by atoms with E-state index in [9.17, 15) is 13.2 Å². The van der Waals surface area contributed by atoms with Gasteiger partial charge in [0.15, 0.2) is 0 Å². The van der Waals surface area contributed by atoms with Crippen molar-refractivity contribution in [3.05, 3.63) is 50.6 Å². The maximum atomic E-state index is 13.3. The van der Waals surface area contributed by atoms with Crippen molar-refractivity contribution >= 4 is 50.5 Å². The van der Waals surface area contributed by atoms with Crippen molar-refractivity contribution in [2.24, 2.45) is 0 Å². The van der Waals surface area contributed by atoms with Crippen molar-refractivity contribution in [3.8, 4) is 0 Å². The van der Waals surface area contributed by atoms with Crippen LogP contribution in [0.4, 0.5) is 0 Å². The van der Waals surface area contributed by atoms with Gasteiger partial charge in [-0.05, 0) is 42.8 Å². The van der Waals surface area contributed by atoms with Gasteiger partial charge in [-0.3, -0.25) is 9.69 Å². The highest BCUT2D eigenvalue weighted by molar-refractivity contribution is 7.89. The second kappa shape index (κ2) is 12.4. The molecule has 2 aliphatic rings. The van der Waals surface area contributed by atoms with Crippen LogP contribution >= 0.6 is 34.5 Å². The first kappa shape index (κ1) is 26.9. The highest BCUT2D eigenvalue weighted by Crippen LogP contribution is 2.33. The monoisotopic (exact) mass is 559 g/mol. The van der Waals surface area contributed by atoms with Gasteiger partial charge in [0.1, 0.15) is 11.5 Å². The molecule has 3 heterocycles. The van der Waals surface area contributed by atoms with Gasteiger partial charge >= 0.3 is 0 Å². The SMILES string of the molecule is O=C(COCC1CCCCN1S(=O)(=O)c1cccc(Cl)c1Cl)N1CCN(CCc2cccs2)CC1. The Balaban J connectivity index is 1.25. The number of amides is 1. The zero-order chi connectivity index (χ0) is 24.8. The number of thiophene rings is 1. The van der Waals surface area contributed by atoms with Crippen LogP contribution < -0.4 is 0 Å². The van der Waals surface area contributed by atoms with E-state index < -0.39 is 10.0 Å². The molecule has 1 aromatic heterocycles. The molecule has 35 heavy (non-hydrogen) atoms. The molecule has 192 valence electrons. The quantitative estimate of drug-likeness (QED) is 0.464. The number of nitrogens with zero attached hydrogens (tertiary/aromatic N) is 3. The first-order chi connectivity index (χ1) is 16.9. The lowest BCUT2D eigenvalue weighted by Gasteiger charge is -2.36. The molecule has 1 aromatic carbocycles. The molecule has 0 radical (unpaired) electrons. The van der Waals surface area contributed by atoms with E-state index in [-0.39, 0.29) is 40.1 Å². The average Bonchev–Trinajstić information content (AvgIpc) is 3.38. The van der Waals surface area contributed by atoms with Crippen LogP contribution in [-0.2, 0) is 26.0 Å². The Kier molecular flexibility index (Phi) is 9.48. The Labute approximate surface area is 221 Å². The van der Waals surface area contributed by atoms with Crippen molar-refractivity contribution in [2.45, 2.75) is 36.6 Å². The van der Waals surface area contributed by atoms with Gasteiger partial charge in [0.05, 0.1) is 16.7 Å². The van der Waals surface area contributed by atoms with Crippen molar-refractivity contribution in [3.63, 3.8) is 0 Å². The largest absolute Gasteiger partial charge is 0.370 e. The molecule has 2 aliphatic heterocycles. The molecular formula is C24H31Cl2N3O4S2. The van der Waals surface area contributed by atoms with E-state index in [4.69, 9.17) is 27.9 Å². The van der Waals surface area contributed by atoms with E-state index in [0.717, 1.165) is 38.9 Å². The molecule has 0 N–H and O–H groups in total. The third-order valence-electron chi connectivity index (χ3n) is 6.59. The summed E-state index contributed by atoms with van der Waals surface area (Å²) < 4.78 is 33.9. The lowest BCUT2D eigenvalue weighted by Crippen LogP contribution is -2.50. The molecule has 1 unspecified atom stereocenters. The van der Waals surface area contributed by atoms with Gasteiger partial charge in [-0.2, -0.15) is 4.31 Å². The molecule has 2 fully saturated rings. The predicted octanol–water partition coefficient (Wildman–Crippen LogP) is 4.00. The molecule has 1 amide bonds. The molecule has 0 bridgehead atoms. The van der Waals surface area contributed by atoms with Gasteiger partial charge in [-0.1, -0.05) is 41.8 Å². The summed E-state index contributed by atoms with van der Waals surface area (Å²) in [4.78, 5) is 18.3. The maximum Gasteiger partial charge on any atom is 0.248 e. The second-order valence-electron chi connectivity index (χ2n) is 8.88. The number of benzene rings is 1. The molecule has 2 saturated heterocycles. The summed E-state index contributed by atoms with van der Waals surface area (Å²) in [5.74, 6) is -0.0500. The minimum absolute atomic E-state index is 0.00610. The number of rotatable bonds is 9. The zero-order valence-corrected chi connectivity index (χ0v) is 22.7. The standard InChI is InChI=1S/C24H31Cl2N3O4S2/c25-21-7-3-8-22(24(21)26)35(31,32)29-10-2-1-5-19(29)17-33-18-23(30)28-14-12-27(13-15-28)11-9-20-6-4-16-34-20/h3-4,6-8,16,19H,1-2,5,9-15,17-18H2. The summed E-state index contributed by atoms with van der Waals surface area (Å²) in [6.45, 7) is 4.59. The topological polar surface area (TPSA) is 70.2 Å². The van der Waals surface area contributed by atoms with Gasteiger partial charge < -0.3 is 9.64 Å². The van der Waals surface area contributed by atoms with E-state index in [1.54, 1.807) is 23.5 Å². The maximum absolute atomic E-state index is 13.3. The predicted molar refractivity (Wildman–Crippen MR) is 140 cm³/mol. The number of hydrogen-bond acceptors (Lipinski definition) is 6. The Morgan fingerprint density at radius 1 is 1.06 bits per heavy atom. The molecule has 0 aliphatic carbocycles. The molecular weight excluding hydrogens is 529 g/mol. The zero-order valence-electron chi connectivity index (χ0n) is 19.6. The number of carbonyl (C=O) groups is 1. The van der Waals surface area contributed by atoms with Crippen molar-refractivity contribution in [1.82, 2.24) is 14.1 Å². The van der Waals surface area contributed by atoms with E-state index >= 15 is 0 Å². The van der Waals surface area contributed by atoms with Gasteiger partial charge in [0.25, 0.3) is 0 Å². The highest BCUT2D eigenvalue weighted by atomic mass is 35.5. The van der Waals surface area contributed by atoms with Crippen LogP contribution in [0.3, 0.4) is 0 Å². The molecule has 7 nitrogen and oxygen atoms in total. The Morgan fingerprint density at radius 3 is 2.60 bits per heavy atom. The van der Waals surface area contributed by atoms with E-state index in [1.165, 1.54) is 15.2 Å². The van der Waals surface area contributed by atoms with Gasteiger partial charge in [0.2, 0.25) is 15.9 Å². The normalized spacial score (nSPS) is 20.3. The molecule has 2 aromatic rings. The van der Waals surface area contributed by atoms with Crippen LogP contribution in [0.25, 0.3) is 0 Å². The van der Waals surface area contributed by atoms with Crippen LogP contribution in [0, 0.1) is 0 Å². The molecule has 0 saturated carbocycles. The molecule has 1 atom stereocenters. The number of carbonyl (C=O) groups excluding carboxylic acids is 1. The van der Waals surface area contributed by atoms with Gasteiger partial charge in [-0.15, -0.1) is 11.3 Å². The molecule has 4 rings (SSSR count). The number of piperidine rings is 1. The fourth-order valence-electron chi connectivity index (χ4n) is 4.58. The second-order valence-corrected chi connectivity index (χ2v) is 12.6. The van der Waals surface area contributed by atoms with E-state index in [1.807, 2.05) is 4.90 Å². The lowest BCUT2D eigenvalue weighted by molar-refractivity contribution is -0.138. The summed E-state index contributed by atoms with van der Waals surface area (Å²) in [7, 11) is -3.83. The number of piperazine rings is 1. The van der Waals surface area contributed by atoms with Crippen LogP contribution in [0.1, 0.15) is 24.1 Å². The summed E-state index contributed by atoms with van der Waals surface area (Å²) in [5, 5.41) is 2.33. The number of sulfonamides is 1. The van der Waals surface area contributed by atoms with E-state index in [0.29, 0.717) is 26.1 Å². The minimum atomic E-state index is -3.83. The van der Waals surface area contributed by atoms with Crippen molar-refractivity contribution < 1.29 is 17.9 Å². The molecule has 11 heteroatoms. The highest BCUT2D eigenvalue weighted by Gasteiger charge is 2.35. The third-order valence-corrected chi connectivity index (χ3v) is 10.5. The fraction of sp³-hybridized carbons (Fsp3) is 0.542. The minimum Gasteiger partial charge on any atom is -0.370 e. The summed E-state index contributed by atoms with van der Waals surface area (Å²) >= 11 is 14.0. The average molecular weight is 561 g/mol. The Bertz CT molecular complexity index is 1090. The third kappa shape index (κ3) is 6.77. The van der Waals surface area contributed by atoms with Crippen LogP contribution in [0.15, 0.2) is 40.6 Å². The van der Waals surface area contributed by atoms with Crippen LogP contribution in [0.5, 0.6) is 0 Å². The van der Waals surface area contributed by atoms with Gasteiger partial charge in [-0.25, -0.2) is 8.42 Å². The number of ether oxygens (including phenoxy) is 1. The smallest absolute Gasteiger partial charge is 0.248 e. The first-order valence-electron chi connectivity index (χ1n) is 11.9. The molecule has 0 spiro atoms. The fourth-order valence-corrected chi connectivity index (χ4v) is 7.70. The lowest BCUT2D eigenvalue weighted by atomic mass is 10.1.